The lowest BCUT2D eigenvalue weighted by atomic mass is 10.1. The summed E-state index contributed by atoms with van der Waals surface area (Å²) in [4.78, 5) is 11.2. The van der Waals surface area contributed by atoms with Crippen molar-refractivity contribution in [2.75, 3.05) is 20.3 Å². The van der Waals surface area contributed by atoms with Gasteiger partial charge in [0.2, 0.25) is 5.91 Å². The molecule has 0 bridgehead atoms. The number of ether oxygens (including phenoxy) is 1. The Hall–Kier alpha value is -1.39. The number of carbonyl (C=O) groups is 1. The van der Waals surface area contributed by atoms with Gasteiger partial charge in [0, 0.05) is 13.7 Å². The smallest absolute Gasteiger partial charge is 0.234 e. The highest BCUT2D eigenvalue weighted by Crippen LogP contribution is 2.02. The Labute approximate surface area is 95.8 Å². The number of hydrogen-bond donors (Lipinski definition) is 2. The summed E-state index contributed by atoms with van der Waals surface area (Å²) in [5.74, 6) is -0.333. The van der Waals surface area contributed by atoms with Gasteiger partial charge in [0.25, 0.3) is 0 Å². The van der Waals surface area contributed by atoms with Crippen LogP contribution in [-0.4, -0.2) is 32.2 Å². The number of primary amides is 1. The van der Waals surface area contributed by atoms with Gasteiger partial charge in [0.1, 0.15) is 0 Å². The molecule has 3 N–H and O–H groups in total. The molecule has 1 amide bonds. The monoisotopic (exact) mass is 222 g/mol. The van der Waals surface area contributed by atoms with Crippen LogP contribution in [-0.2, 0) is 16.0 Å². The van der Waals surface area contributed by atoms with Crippen molar-refractivity contribution in [2.24, 2.45) is 5.73 Å². The Kier molecular flexibility index (Phi) is 5.53. The van der Waals surface area contributed by atoms with E-state index in [0.29, 0.717) is 19.6 Å². The van der Waals surface area contributed by atoms with Gasteiger partial charge in [-0.15, -0.1) is 0 Å². The number of benzene rings is 1. The molecule has 88 valence electrons. The van der Waals surface area contributed by atoms with Gasteiger partial charge < -0.3 is 15.8 Å². The summed E-state index contributed by atoms with van der Waals surface area (Å²) < 4.78 is 4.91. The molecule has 0 heterocycles. The predicted molar refractivity (Wildman–Crippen MR) is 63.0 cm³/mol. The summed E-state index contributed by atoms with van der Waals surface area (Å²) in [6.45, 7) is 1.19. The molecule has 0 aliphatic carbocycles. The first kappa shape index (κ1) is 12.7. The zero-order valence-electron chi connectivity index (χ0n) is 9.48. The van der Waals surface area contributed by atoms with Crippen molar-refractivity contribution < 1.29 is 9.53 Å². The van der Waals surface area contributed by atoms with Gasteiger partial charge in [-0.05, 0) is 12.0 Å². The zero-order valence-corrected chi connectivity index (χ0v) is 9.48. The third-order valence-electron chi connectivity index (χ3n) is 2.32. The van der Waals surface area contributed by atoms with Crippen LogP contribution in [0.2, 0.25) is 0 Å². The van der Waals surface area contributed by atoms with Gasteiger partial charge in [0.15, 0.2) is 0 Å². The Morgan fingerprint density at radius 2 is 2.12 bits per heavy atom. The van der Waals surface area contributed by atoms with E-state index in [1.807, 2.05) is 30.3 Å². The van der Waals surface area contributed by atoms with Gasteiger partial charge in [-0.3, -0.25) is 4.79 Å². The van der Waals surface area contributed by atoms with Crippen molar-refractivity contribution in [2.45, 2.75) is 12.5 Å². The first-order valence-corrected chi connectivity index (χ1v) is 5.29. The second kappa shape index (κ2) is 6.98. The van der Waals surface area contributed by atoms with Crippen molar-refractivity contribution in [1.29, 1.82) is 0 Å². The van der Waals surface area contributed by atoms with Crippen LogP contribution in [0.5, 0.6) is 0 Å². The van der Waals surface area contributed by atoms with Gasteiger partial charge in [0.05, 0.1) is 12.6 Å². The van der Waals surface area contributed by atoms with Gasteiger partial charge >= 0.3 is 0 Å². The van der Waals surface area contributed by atoms with Gasteiger partial charge in [-0.1, -0.05) is 30.3 Å². The Morgan fingerprint density at radius 1 is 1.44 bits per heavy atom. The van der Waals surface area contributed by atoms with E-state index in [-0.39, 0.29) is 11.9 Å². The molecule has 0 radical (unpaired) electrons. The van der Waals surface area contributed by atoms with Crippen LogP contribution in [0.3, 0.4) is 0 Å². The highest BCUT2D eigenvalue weighted by molar-refractivity contribution is 5.80. The summed E-state index contributed by atoms with van der Waals surface area (Å²) in [6, 6.07) is 9.46. The van der Waals surface area contributed by atoms with Crippen LogP contribution in [0.4, 0.5) is 0 Å². The van der Waals surface area contributed by atoms with E-state index in [1.54, 1.807) is 7.11 Å². The highest BCUT2D eigenvalue weighted by Gasteiger charge is 2.14. The molecule has 0 unspecified atom stereocenters. The van der Waals surface area contributed by atoms with Crippen molar-refractivity contribution in [3.05, 3.63) is 35.9 Å². The van der Waals surface area contributed by atoms with Crippen LogP contribution < -0.4 is 11.1 Å². The minimum Gasteiger partial charge on any atom is -0.383 e. The summed E-state index contributed by atoms with van der Waals surface area (Å²) >= 11 is 0. The minimum absolute atomic E-state index is 0.333. The summed E-state index contributed by atoms with van der Waals surface area (Å²) in [7, 11) is 1.62. The molecule has 0 fully saturated rings. The van der Waals surface area contributed by atoms with Crippen LogP contribution >= 0.6 is 0 Å². The number of nitrogens with one attached hydrogen (secondary N) is 1. The number of carbonyl (C=O) groups excluding carboxylic acids is 1. The molecular weight excluding hydrogens is 204 g/mol. The van der Waals surface area contributed by atoms with Gasteiger partial charge in [-0.25, -0.2) is 0 Å². The molecule has 0 saturated heterocycles. The van der Waals surface area contributed by atoms with E-state index in [2.05, 4.69) is 5.32 Å². The molecule has 4 heteroatoms. The number of methoxy groups -OCH3 is 1. The van der Waals surface area contributed by atoms with E-state index in [4.69, 9.17) is 10.5 Å². The topological polar surface area (TPSA) is 64.3 Å². The minimum atomic E-state index is -0.336. The molecule has 0 aliphatic rings. The molecule has 0 saturated carbocycles. The average Bonchev–Trinajstić information content (AvgIpc) is 2.29. The Balaban J connectivity index is 2.48. The number of nitrogens with two attached hydrogens (primary N) is 1. The second-order valence-corrected chi connectivity index (χ2v) is 3.59. The number of rotatable bonds is 7. The SMILES string of the molecule is COCCN[C@@H](Cc1ccccc1)C(N)=O. The third kappa shape index (κ3) is 4.42. The molecule has 0 aromatic heterocycles. The summed E-state index contributed by atoms with van der Waals surface area (Å²) in [5, 5.41) is 3.07. The van der Waals surface area contributed by atoms with Crippen molar-refractivity contribution >= 4 is 5.91 Å². The van der Waals surface area contributed by atoms with E-state index < -0.39 is 0 Å². The van der Waals surface area contributed by atoms with Crippen molar-refractivity contribution in [1.82, 2.24) is 5.32 Å². The molecule has 1 atom stereocenters. The van der Waals surface area contributed by atoms with E-state index in [0.717, 1.165) is 5.56 Å². The van der Waals surface area contributed by atoms with E-state index in [9.17, 15) is 4.79 Å². The van der Waals surface area contributed by atoms with Gasteiger partial charge in [-0.2, -0.15) is 0 Å². The third-order valence-corrected chi connectivity index (χ3v) is 2.32. The molecule has 16 heavy (non-hydrogen) atoms. The molecule has 4 nitrogen and oxygen atoms in total. The van der Waals surface area contributed by atoms with Crippen molar-refractivity contribution in [3.63, 3.8) is 0 Å². The normalized spacial score (nSPS) is 12.3. The molecule has 1 aromatic rings. The maximum Gasteiger partial charge on any atom is 0.234 e. The number of amides is 1. The molecule has 0 spiro atoms. The maximum atomic E-state index is 11.2. The Bertz CT molecular complexity index is 314. The Morgan fingerprint density at radius 3 is 2.69 bits per heavy atom. The average molecular weight is 222 g/mol. The van der Waals surface area contributed by atoms with Crippen molar-refractivity contribution in [3.8, 4) is 0 Å². The van der Waals surface area contributed by atoms with E-state index >= 15 is 0 Å². The quantitative estimate of drug-likeness (QED) is 0.653. The van der Waals surface area contributed by atoms with Crippen LogP contribution in [0.15, 0.2) is 30.3 Å². The van der Waals surface area contributed by atoms with Crippen LogP contribution in [0.25, 0.3) is 0 Å². The molecule has 0 aliphatic heterocycles. The fraction of sp³-hybridized carbons (Fsp3) is 0.417. The summed E-state index contributed by atoms with van der Waals surface area (Å²) in [5.41, 5.74) is 6.42. The maximum absolute atomic E-state index is 11.2. The molecule has 1 rings (SSSR count). The fourth-order valence-electron chi connectivity index (χ4n) is 1.46. The first-order valence-electron chi connectivity index (χ1n) is 5.29. The van der Waals surface area contributed by atoms with Crippen LogP contribution in [0.1, 0.15) is 5.56 Å². The highest BCUT2D eigenvalue weighted by atomic mass is 16.5. The zero-order chi connectivity index (χ0) is 11.8. The first-order chi connectivity index (χ1) is 7.74. The lowest BCUT2D eigenvalue weighted by Crippen LogP contribution is -2.44. The standard InChI is InChI=1S/C12H18N2O2/c1-16-8-7-14-11(12(13)15)9-10-5-3-2-4-6-10/h2-6,11,14H,7-9H2,1H3,(H2,13,15)/t11-/m0/s1. The fourth-order valence-corrected chi connectivity index (χ4v) is 1.46. The number of hydrogen-bond acceptors (Lipinski definition) is 3. The lowest BCUT2D eigenvalue weighted by Gasteiger charge is -2.15. The molecule has 1 aromatic carbocycles. The second-order valence-electron chi connectivity index (χ2n) is 3.59. The largest absolute Gasteiger partial charge is 0.383 e. The summed E-state index contributed by atoms with van der Waals surface area (Å²) in [6.07, 6.45) is 0.611. The predicted octanol–water partition coefficient (Wildman–Crippen LogP) is 0.319. The van der Waals surface area contributed by atoms with Crippen LogP contribution in [0, 0.1) is 0 Å². The lowest BCUT2D eigenvalue weighted by molar-refractivity contribution is -0.120. The molecular formula is C12H18N2O2. The van der Waals surface area contributed by atoms with E-state index in [1.165, 1.54) is 0 Å².